The van der Waals surface area contributed by atoms with E-state index in [0.717, 1.165) is 9.88 Å². The Morgan fingerprint density at radius 3 is 2.75 bits per heavy atom. The van der Waals surface area contributed by atoms with Crippen LogP contribution >= 0.6 is 11.3 Å². The van der Waals surface area contributed by atoms with Crippen LogP contribution in [0.1, 0.15) is 23.7 Å². The lowest BCUT2D eigenvalue weighted by molar-refractivity contribution is 0.0823. The van der Waals surface area contributed by atoms with Crippen molar-refractivity contribution in [3.63, 3.8) is 0 Å². The molecule has 1 N–H and O–H groups in total. The molecule has 0 bridgehead atoms. The second-order valence-corrected chi connectivity index (χ2v) is 4.23. The van der Waals surface area contributed by atoms with Gasteiger partial charge in [-0.3, -0.25) is 0 Å². The number of hydrogen-bond acceptors (Lipinski definition) is 4. The van der Waals surface area contributed by atoms with Gasteiger partial charge in [0.2, 0.25) is 0 Å². The fourth-order valence-electron chi connectivity index (χ4n) is 0.783. The number of thiazole rings is 1. The third-order valence-electron chi connectivity index (χ3n) is 1.42. The van der Waals surface area contributed by atoms with Gasteiger partial charge < -0.3 is 9.84 Å². The Morgan fingerprint density at radius 1 is 1.67 bits per heavy atom. The van der Waals surface area contributed by atoms with Crippen LogP contribution in [0.5, 0.6) is 0 Å². The van der Waals surface area contributed by atoms with Crippen LogP contribution < -0.4 is 0 Å². The minimum Gasteiger partial charge on any atom is -0.385 e. The summed E-state index contributed by atoms with van der Waals surface area (Å²) in [6, 6.07) is 0. The predicted octanol–water partition coefficient (Wildman–Crippen LogP) is 1.52. The Hall–Kier alpha value is -0.450. The van der Waals surface area contributed by atoms with Crippen molar-refractivity contribution in [2.75, 3.05) is 7.11 Å². The van der Waals surface area contributed by atoms with Crippen molar-refractivity contribution in [1.29, 1.82) is 0 Å². The highest BCUT2D eigenvalue weighted by Gasteiger charge is 2.18. The highest BCUT2D eigenvalue weighted by molar-refractivity contribution is 7.11. The lowest BCUT2D eigenvalue weighted by Crippen LogP contribution is -2.12. The van der Waals surface area contributed by atoms with Gasteiger partial charge in [-0.05, 0) is 13.8 Å². The minimum absolute atomic E-state index is 0.515. The lowest BCUT2D eigenvalue weighted by Gasteiger charge is -2.12. The fraction of sp³-hybridized carbons (Fsp3) is 0.625. The molecule has 3 nitrogen and oxygen atoms in total. The molecular weight excluding hydrogens is 174 g/mol. The molecule has 1 aromatic rings. The molecule has 0 aliphatic rings. The molecule has 4 heteroatoms. The van der Waals surface area contributed by atoms with Crippen LogP contribution in [0.25, 0.3) is 0 Å². The van der Waals surface area contributed by atoms with Gasteiger partial charge in [-0.25, -0.2) is 4.98 Å². The smallest absolute Gasteiger partial charge is 0.119 e. The molecule has 1 heterocycles. The minimum atomic E-state index is -0.788. The van der Waals surface area contributed by atoms with E-state index in [-0.39, 0.29) is 0 Å². The number of methoxy groups -OCH3 is 1. The van der Waals surface area contributed by atoms with Gasteiger partial charge in [0.15, 0.2) is 0 Å². The lowest BCUT2D eigenvalue weighted by atomic mass is 10.1. The SMILES string of the molecule is COCc1ncc(C(C)(C)O)s1. The van der Waals surface area contributed by atoms with Crippen molar-refractivity contribution in [3.05, 3.63) is 16.1 Å². The van der Waals surface area contributed by atoms with Crippen LogP contribution in [0, 0.1) is 0 Å². The number of ether oxygens (including phenoxy) is 1. The summed E-state index contributed by atoms with van der Waals surface area (Å²) < 4.78 is 4.92. The molecule has 12 heavy (non-hydrogen) atoms. The summed E-state index contributed by atoms with van der Waals surface area (Å²) in [4.78, 5) is 4.98. The first kappa shape index (κ1) is 9.64. The highest BCUT2D eigenvalue weighted by Crippen LogP contribution is 2.25. The summed E-state index contributed by atoms with van der Waals surface area (Å²) >= 11 is 1.48. The van der Waals surface area contributed by atoms with E-state index >= 15 is 0 Å². The summed E-state index contributed by atoms with van der Waals surface area (Å²) in [6.45, 7) is 4.01. The van der Waals surface area contributed by atoms with Crippen molar-refractivity contribution in [1.82, 2.24) is 4.98 Å². The van der Waals surface area contributed by atoms with Gasteiger partial charge in [0.1, 0.15) is 5.01 Å². The van der Waals surface area contributed by atoms with Crippen molar-refractivity contribution in [2.24, 2.45) is 0 Å². The van der Waals surface area contributed by atoms with E-state index in [1.165, 1.54) is 11.3 Å². The van der Waals surface area contributed by atoms with Crippen LogP contribution in [0.3, 0.4) is 0 Å². The summed E-state index contributed by atoms with van der Waals surface area (Å²) in [5, 5.41) is 10.5. The molecule has 0 saturated carbocycles. The standard InChI is InChI=1S/C8H13NO2S/c1-8(2,10)6-4-9-7(12-6)5-11-3/h4,10H,5H2,1-3H3. The van der Waals surface area contributed by atoms with Crippen LogP contribution in [-0.2, 0) is 16.9 Å². The maximum Gasteiger partial charge on any atom is 0.119 e. The molecule has 0 spiro atoms. The zero-order valence-corrected chi connectivity index (χ0v) is 8.31. The van der Waals surface area contributed by atoms with Gasteiger partial charge >= 0.3 is 0 Å². The maximum atomic E-state index is 9.60. The Bertz CT molecular complexity index is 252. The van der Waals surface area contributed by atoms with E-state index < -0.39 is 5.60 Å². The molecule has 0 saturated heterocycles. The fourth-order valence-corrected chi connectivity index (χ4v) is 1.67. The summed E-state index contributed by atoms with van der Waals surface area (Å²) in [5.74, 6) is 0. The number of aliphatic hydroxyl groups is 1. The monoisotopic (exact) mass is 187 g/mol. The molecule has 1 rings (SSSR count). The van der Waals surface area contributed by atoms with Gasteiger partial charge in [0, 0.05) is 13.3 Å². The first-order valence-electron chi connectivity index (χ1n) is 3.70. The van der Waals surface area contributed by atoms with Crippen molar-refractivity contribution < 1.29 is 9.84 Å². The molecule has 0 radical (unpaired) electrons. The normalized spacial score (nSPS) is 12.0. The Morgan fingerprint density at radius 2 is 2.33 bits per heavy atom. The van der Waals surface area contributed by atoms with E-state index in [1.54, 1.807) is 27.2 Å². The van der Waals surface area contributed by atoms with E-state index in [4.69, 9.17) is 4.74 Å². The largest absolute Gasteiger partial charge is 0.385 e. The van der Waals surface area contributed by atoms with E-state index in [0.29, 0.717) is 6.61 Å². The molecule has 0 aromatic carbocycles. The quantitative estimate of drug-likeness (QED) is 0.780. The third kappa shape index (κ3) is 2.27. The topological polar surface area (TPSA) is 42.4 Å². The van der Waals surface area contributed by atoms with E-state index in [1.807, 2.05) is 0 Å². The summed E-state index contributed by atoms with van der Waals surface area (Å²) in [7, 11) is 1.63. The third-order valence-corrected chi connectivity index (χ3v) is 2.71. The zero-order chi connectivity index (χ0) is 9.19. The van der Waals surface area contributed by atoms with Crippen LogP contribution in [-0.4, -0.2) is 17.2 Å². The van der Waals surface area contributed by atoms with Gasteiger partial charge in [0.25, 0.3) is 0 Å². The van der Waals surface area contributed by atoms with E-state index in [9.17, 15) is 5.11 Å². The van der Waals surface area contributed by atoms with Crippen LogP contribution in [0.4, 0.5) is 0 Å². The van der Waals surface area contributed by atoms with Gasteiger partial charge in [-0.2, -0.15) is 0 Å². The molecule has 0 aliphatic heterocycles. The van der Waals surface area contributed by atoms with Gasteiger partial charge in [0.05, 0.1) is 17.1 Å². The Labute approximate surface area is 76.0 Å². The molecule has 1 aromatic heterocycles. The number of nitrogens with zero attached hydrogens (tertiary/aromatic N) is 1. The van der Waals surface area contributed by atoms with Crippen molar-refractivity contribution in [3.8, 4) is 0 Å². The maximum absolute atomic E-state index is 9.60. The molecule has 0 unspecified atom stereocenters. The average Bonchev–Trinajstić information content (AvgIpc) is 2.35. The number of hydrogen-bond donors (Lipinski definition) is 1. The van der Waals surface area contributed by atoms with Crippen molar-refractivity contribution in [2.45, 2.75) is 26.1 Å². The van der Waals surface area contributed by atoms with E-state index in [2.05, 4.69) is 4.98 Å². The molecule has 0 atom stereocenters. The summed E-state index contributed by atoms with van der Waals surface area (Å²) in [6.07, 6.45) is 1.69. The molecular formula is C8H13NO2S. The average molecular weight is 187 g/mol. The van der Waals surface area contributed by atoms with Crippen LogP contribution in [0.2, 0.25) is 0 Å². The molecule has 68 valence electrons. The molecule has 0 amide bonds. The zero-order valence-electron chi connectivity index (χ0n) is 7.50. The Kier molecular flexibility index (Phi) is 2.82. The Balaban J connectivity index is 2.77. The number of rotatable bonds is 3. The second kappa shape index (κ2) is 3.51. The molecule has 0 fully saturated rings. The first-order valence-corrected chi connectivity index (χ1v) is 4.52. The van der Waals surface area contributed by atoms with Gasteiger partial charge in [-0.15, -0.1) is 11.3 Å². The first-order chi connectivity index (χ1) is 5.54. The van der Waals surface area contributed by atoms with Crippen LogP contribution in [0.15, 0.2) is 6.20 Å². The predicted molar refractivity (Wildman–Crippen MR) is 48.1 cm³/mol. The molecule has 0 aliphatic carbocycles. The van der Waals surface area contributed by atoms with Gasteiger partial charge in [-0.1, -0.05) is 0 Å². The highest BCUT2D eigenvalue weighted by atomic mass is 32.1. The summed E-state index contributed by atoms with van der Waals surface area (Å²) in [5.41, 5.74) is -0.788. The number of aromatic nitrogens is 1. The van der Waals surface area contributed by atoms with Crippen molar-refractivity contribution >= 4 is 11.3 Å². The second-order valence-electron chi connectivity index (χ2n) is 3.11.